The van der Waals surface area contributed by atoms with E-state index in [9.17, 15) is 4.79 Å². The summed E-state index contributed by atoms with van der Waals surface area (Å²) in [6.45, 7) is 4.15. The molecule has 1 amide bonds. The van der Waals surface area contributed by atoms with Crippen molar-refractivity contribution in [1.29, 1.82) is 0 Å². The van der Waals surface area contributed by atoms with E-state index in [4.69, 9.17) is 5.73 Å². The van der Waals surface area contributed by atoms with Crippen molar-refractivity contribution in [2.45, 2.75) is 45.1 Å². The Morgan fingerprint density at radius 1 is 1.41 bits per heavy atom. The Hall–Kier alpha value is -0.610. The lowest BCUT2D eigenvalue weighted by atomic mass is 9.95. The van der Waals surface area contributed by atoms with Crippen LogP contribution in [-0.4, -0.2) is 43.5 Å². The first kappa shape index (κ1) is 14.5. The van der Waals surface area contributed by atoms with Gasteiger partial charge in [0.25, 0.3) is 0 Å². The standard InChI is InChI=1S/C13H27N3O/c1-11(8-14)9-16(2)10-13(17)15-12-6-4-3-5-7-12/h11-12H,3-10,14H2,1-2H3,(H,15,17). The Labute approximate surface area is 105 Å². The minimum atomic E-state index is 0.156. The van der Waals surface area contributed by atoms with E-state index in [-0.39, 0.29) is 5.91 Å². The van der Waals surface area contributed by atoms with E-state index in [1.54, 1.807) is 0 Å². The molecule has 4 nitrogen and oxygen atoms in total. The largest absolute Gasteiger partial charge is 0.352 e. The summed E-state index contributed by atoms with van der Waals surface area (Å²) in [5.41, 5.74) is 5.57. The second-order valence-corrected chi connectivity index (χ2v) is 5.44. The van der Waals surface area contributed by atoms with Gasteiger partial charge in [0.15, 0.2) is 0 Å². The molecule has 0 aromatic carbocycles. The van der Waals surface area contributed by atoms with Crippen molar-refractivity contribution in [3.8, 4) is 0 Å². The number of likely N-dealkylation sites (N-methyl/N-ethyl adjacent to an activating group) is 1. The third kappa shape index (κ3) is 6.03. The first-order valence-electron chi connectivity index (χ1n) is 6.79. The van der Waals surface area contributed by atoms with Crippen LogP contribution in [0.2, 0.25) is 0 Å². The first-order chi connectivity index (χ1) is 8.11. The maximum Gasteiger partial charge on any atom is 0.234 e. The molecule has 1 saturated carbocycles. The quantitative estimate of drug-likeness (QED) is 0.728. The van der Waals surface area contributed by atoms with E-state index in [1.807, 2.05) is 7.05 Å². The van der Waals surface area contributed by atoms with Crippen molar-refractivity contribution in [2.75, 3.05) is 26.7 Å². The van der Waals surface area contributed by atoms with E-state index in [2.05, 4.69) is 17.1 Å². The highest BCUT2D eigenvalue weighted by Crippen LogP contribution is 2.17. The molecule has 0 heterocycles. The average Bonchev–Trinajstić information content (AvgIpc) is 2.29. The number of carbonyl (C=O) groups excluding carboxylic acids is 1. The molecule has 0 aromatic rings. The Morgan fingerprint density at radius 2 is 2.06 bits per heavy atom. The molecule has 0 saturated heterocycles. The Kier molecular flexibility index (Phi) is 6.52. The van der Waals surface area contributed by atoms with Crippen molar-refractivity contribution < 1.29 is 4.79 Å². The van der Waals surface area contributed by atoms with Crippen LogP contribution in [0.3, 0.4) is 0 Å². The molecule has 0 bridgehead atoms. The second-order valence-electron chi connectivity index (χ2n) is 5.44. The minimum absolute atomic E-state index is 0.156. The van der Waals surface area contributed by atoms with Crippen LogP contribution >= 0.6 is 0 Å². The van der Waals surface area contributed by atoms with E-state index in [0.29, 0.717) is 25.0 Å². The molecule has 1 rings (SSSR count). The van der Waals surface area contributed by atoms with Gasteiger partial charge in [-0.3, -0.25) is 9.69 Å². The summed E-state index contributed by atoms with van der Waals surface area (Å²) in [5.74, 6) is 0.603. The zero-order valence-corrected chi connectivity index (χ0v) is 11.2. The van der Waals surface area contributed by atoms with Gasteiger partial charge in [0.05, 0.1) is 6.54 Å². The van der Waals surface area contributed by atoms with Crippen molar-refractivity contribution >= 4 is 5.91 Å². The van der Waals surface area contributed by atoms with Crippen molar-refractivity contribution in [3.63, 3.8) is 0 Å². The molecule has 0 spiro atoms. The summed E-state index contributed by atoms with van der Waals surface area (Å²) in [4.78, 5) is 13.9. The number of carbonyl (C=O) groups is 1. The van der Waals surface area contributed by atoms with Crippen LogP contribution in [0.5, 0.6) is 0 Å². The molecule has 17 heavy (non-hydrogen) atoms. The van der Waals surface area contributed by atoms with Crippen LogP contribution in [0.25, 0.3) is 0 Å². The topological polar surface area (TPSA) is 58.4 Å². The average molecular weight is 241 g/mol. The molecule has 100 valence electrons. The lowest BCUT2D eigenvalue weighted by molar-refractivity contribution is -0.122. The maximum atomic E-state index is 11.8. The first-order valence-corrected chi connectivity index (χ1v) is 6.79. The number of nitrogens with one attached hydrogen (secondary N) is 1. The normalized spacial score (nSPS) is 19.3. The third-order valence-electron chi connectivity index (χ3n) is 3.41. The highest BCUT2D eigenvalue weighted by atomic mass is 16.2. The summed E-state index contributed by atoms with van der Waals surface area (Å²) in [7, 11) is 1.98. The summed E-state index contributed by atoms with van der Waals surface area (Å²) < 4.78 is 0. The highest BCUT2D eigenvalue weighted by Gasteiger charge is 2.16. The SMILES string of the molecule is CC(CN)CN(C)CC(=O)NC1CCCCC1. The molecule has 0 radical (unpaired) electrons. The fourth-order valence-corrected chi connectivity index (χ4v) is 2.44. The predicted octanol–water partition coefficient (Wildman–Crippen LogP) is 0.962. The van der Waals surface area contributed by atoms with E-state index in [0.717, 1.165) is 19.4 Å². The lowest BCUT2D eigenvalue weighted by Crippen LogP contribution is -2.43. The highest BCUT2D eigenvalue weighted by molar-refractivity contribution is 5.78. The number of nitrogens with zero attached hydrogens (tertiary/aromatic N) is 1. The van der Waals surface area contributed by atoms with Gasteiger partial charge in [-0.15, -0.1) is 0 Å². The van der Waals surface area contributed by atoms with Gasteiger partial charge in [0.1, 0.15) is 0 Å². The van der Waals surface area contributed by atoms with Gasteiger partial charge in [-0.2, -0.15) is 0 Å². The molecule has 3 N–H and O–H groups in total. The predicted molar refractivity (Wildman–Crippen MR) is 70.7 cm³/mol. The van der Waals surface area contributed by atoms with Gasteiger partial charge in [0.2, 0.25) is 5.91 Å². The van der Waals surface area contributed by atoms with E-state index < -0.39 is 0 Å². The minimum Gasteiger partial charge on any atom is -0.352 e. The summed E-state index contributed by atoms with van der Waals surface area (Å²) in [5, 5.41) is 3.13. The Balaban J connectivity index is 2.18. The molecular weight excluding hydrogens is 214 g/mol. The van der Waals surface area contributed by atoms with Crippen LogP contribution < -0.4 is 11.1 Å². The zero-order chi connectivity index (χ0) is 12.7. The second kappa shape index (κ2) is 7.67. The van der Waals surface area contributed by atoms with Gasteiger partial charge < -0.3 is 11.1 Å². The molecule has 0 aliphatic heterocycles. The van der Waals surface area contributed by atoms with Crippen molar-refractivity contribution in [1.82, 2.24) is 10.2 Å². The van der Waals surface area contributed by atoms with E-state index >= 15 is 0 Å². The Bertz CT molecular complexity index is 227. The van der Waals surface area contributed by atoms with Crippen LogP contribution in [-0.2, 0) is 4.79 Å². The molecule has 0 aromatic heterocycles. The summed E-state index contributed by atoms with van der Waals surface area (Å²) >= 11 is 0. The molecule has 1 atom stereocenters. The van der Waals surface area contributed by atoms with Crippen molar-refractivity contribution in [3.05, 3.63) is 0 Å². The van der Waals surface area contributed by atoms with Crippen LogP contribution in [0.15, 0.2) is 0 Å². The number of rotatable bonds is 6. The van der Waals surface area contributed by atoms with Gasteiger partial charge >= 0.3 is 0 Å². The van der Waals surface area contributed by atoms with Crippen LogP contribution in [0, 0.1) is 5.92 Å². The smallest absolute Gasteiger partial charge is 0.234 e. The Morgan fingerprint density at radius 3 is 2.65 bits per heavy atom. The van der Waals surface area contributed by atoms with Gasteiger partial charge in [0, 0.05) is 12.6 Å². The number of hydrogen-bond acceptors (Lipinski definition) is 3. The fourth-order valence-electron chi connectivity index (χ4n) is 2.44. The molecule has 1 aliphatic rings. The summed E-state index contributed by atoms with van der Waals surface area (Å²) in [6, 6.07) is 0.414. The van der Waals surface area contributed by atoms with Gasteiger partial charge in [-0.1, -0.05) is 26.2 Å². The monoisotopic (exact) mass is 241 g/mol. The number of hydrogen-bond donors (Lipinski definition) is 2. The van der Waals surface area contributed by atoms with Gasteiger partial charge in [-0.05, 0) is 32.4 Å². The zero-order valence-electron chi connectivity index (χ0n) is 11.2. The molecule has 4 heteroatoms. The van der Waals surface area contributed by atoms with Crippen LogP contribution in [0.1, 0.15) is 39.0 Å². The lowest BCUT2D eigenvalue weighted by Gasteiger charge is -2.25. The number of amides is 1. The van der Waals surface area contributed by atoms with Gasteiger partial charge in [-0.25, -0.2) is 0 Å². The molecule has 1 unspecified atom stereocenters. The van der Waals surface area contributed by atoms with Crippen molar-refractivity contribution in [2.24, 2.45) is 11.7 Å². The van der Waals surface area contributed by atoms with E-state index in [1.165, 1.54) is 19.3 Å². The van der Waals surface area contributed by atoms with Crippen LogP contribution in [0.4, 0.5) is 0 Å². The molecular formula is C13H27N3O. The number of nitrogens with two attached hydrogens (primary N) is 1. The maximum absolute atomic E-state index is 11.8. The fraction of sp³-hybridized carbons (Fsp3) is 0.923. The summed E-state index contributed by atoms with van der Waals surface area (Å²) in [6.07, 6.45) is 6.12. The molecule has 1 fully saturated rings. The molecule has 1 aliphatic carbocycles. The third-order valence-corrected chi connectivity index (χ3v) is 3.41.